The van der Waals surface area contributed by atoms with Gasteiger partial charge in [-0.3, -0.25) is 4.79 Å². The van der Waals surface area contributed by atoms with Crippen LogP contribution in [0.5, 0.6) is 0 Å². The van der Waals surface area contributed by atoms with Crippen molar-refractivity contribution in [1.82, 2.24) is 5.32 Å². The first-order valence-corrected chi connectivity index (χ1v) is 3.09. The van der Waals surface area contributed by atoms with Crippen molar-refractivity contribution in [2.75, 3.05) is 6.54 Å². The Hall–Kier alpha value is -0.280. The molecule has 1 rings (SSSR count). The molecule has 0 aromatic carbocycles. The number of halogens is 1. The number of carboxylic acid groups (broad SMARTS) is 1. The average molecular weight is 166 g/mol. The van der Waals surface area contributed by atoms with Gasteiger partial charge in [-0.2, -0.15) is 0 Å². The van der Waals surface area contributed by atoms with Crippen molar-refractivity contribution in [3.63, 3.8) is 0 Å². The average Bonchev–Trinajstić information content (AvgIpc) is 2.45. The summed E-state index contributed by atoms with van der Waals surface area (Å²) in [7, 11) is 0. The SMILES string of the molecule is CC1(NCC(=O)O)CC1.Cl. The smallest absolute Gasteiger partial charge is 0.317 e. The lowest BCUT2D eigenvalue weighted by Gasteiger charge is -2.06. The third-order valence-corrected chi connectivity index (χ3v) is 1.67. The monoisotopic (exact) mass is 165 g/mol. The summed E-state index contributed by atoms with van der Waals surface area (Å²) in [6.07, 6.45) is 2.22. The molecule has 1 aliphatic carbocycles. The van der Waals surface area contributed by atoms with Crippen molar-refractivity contribution in [3.05, 3.63) is 0 Å². The molecule has 0 spiro atoms. The number of hydrogen-bond donors (Lipinski definition) is 2. The molecule has 0 atom stereocenters. The zero-order chi connectivity index (χ0) is 6.91. The summed E-state index contributed by atoms with van der Waals surface area (Å²) in [5.41, 5.74) is 0.151. The number of carbonyl (C=O) groups is 1. The topological polar surface area (TPSA) is 49.3 Å². The normalized spacial score (nSPS) is 19.3. The molecule has 0 heterocycles. The minimum absolute atomic E-state index is 0. The molecular weight excluding hydrogens is 154 g/mol. The summed E-state index contributed by atoms with van der Waals surface area (Å²) in [6.45, 7) is 2.13. The second-order valence-corrected chi connectivity index (χ2v) is 2.81. The summed E-state index contributed by atoms with van der Waals surface area (Å²) in [6, 6.07) is 0. The van der Waals surface area contributed by atoms with Crippen LogP contribution in [0.1, 0.15) is 19.8 Å². The maximum atomic E-state index is 10.0. The van der Waals surface area contributed by atoms with Gasteiger partial charge in [0.1, 0.15) is 0 Å². The Morgan fingerprint density at radius 1 is 1.70 bits per heavy atom. The number of nitrogens with one attached hydrogen (secondary N) is 1. The largest absolute Gasteiger partial charge is 0.480 e. The molecule has 1 aliphatic rings. The van der Waals surface area contributed by atoms with Crippen LogP contribution in [0.15, 0.2) is 0 Å². The van der Waals surface area contributed by atoms with Crippen molar-refractivity contribution < 1.29 is 9.90 Å². The first kappa shape index (κ1) is 9.72. The van der Waals surface area contributed by atoms with Gasteiger partial charge in [0.15, 0.2) is 0 Å². The minimum atomic E-state index is -0.775. The van der Waals surface area contributed by atoms with Crippen molar-refractivity contribution >= 4 is 18.4 Å². The van der Waals surface area contributed by atoms with E-state index in [4.69, 9.17) is 5.11 Å². The van der Waals surface area contributed by atoms with E-state index in [9.17, 15) is 4.79 Å². The molecule has 60 valence electrons. The second kappa shape index (κ2) is 3.21. The molecule has 0 radical (unpaired) electrons. The molecule has 1 saturated carbocycles. The first-order valence-electron chi connectivity index (χ1n) is 3.09. The minimum Gasteiger partial charge on any atom is -0.480 e. The summed E-state index contributed by atoms with van der Waals surface area (Å²) in [5, 5.41) is 11.2. The molecule has 0 amide bonds. The summed E-state index contributed by atoms with van der Waals surface area (Å²) >= 11 is 0. The standard InChI is InChI=1S/C6H11NO2.ClH/c1-6(2-3-6)7-4-5(8)9;/h7H,2-4H2,1H3,(H,8,9);1H. The van der Waals surface area contributed by atoms with E-state index >= 15 is 0 Å². The molecule has 3 nitrogen and oxygen atoms in total. The molecule has 0 aromatic heterocycles. The molecule has 0 saturated heterocycles. The van der Waals surface area contributed by atoms with E-state index in [1.54, 1.807) is 0 Å². The van der Waals surface area contributed by atoms with Crippen LogP contribution in [0, 0.1) is 0 Å². The van der Waals surface area contributed by atoms with E-state index in [2.05, 4.69) is 5.32 Å². The van der Waals surface area contributed by atoms with Crippen molar-refractivity contribution in [1.29, 1.82) is 0 Å². The third-order valence-electron chi connectivity index (χ3n) is 1.67. The molecule has 4 heteroatoms. The Bertz CT molecular complexity index is 134. The first-order chi connectivity index (χ1) is 4.12. The van der Waals surface area contributed by atoms with Gasteiger partial charge in [0, 0.05) is 5.54 Å². The van der Waals surface area contributed by atoms with Gasteiger partial charge >= 0.3 is 5.97 Å². The highest BCUT2D eigenvalue weighted by atomic mass is 35.5. The number of aliphatic carboxylic acids is 1. The predicted molar refractivity (Wildman–Crippen MR) is 40.5 cm³/mol. The van der Waals surface area contributed by atoms with Gasteiger partial charge in [0.05, 0.1) is 6.54 Å². The van der Waals surface area contributed by atoms with Crippen LogP contribution in [0.3, 0.4) is 0 Å². The maximum absolute atomic E-state index is 10.0. The number of rotatable bonds is 3. The Morgan fingerprint density at radius 2 is 2.20 bits per heavy atom. The maximum Gasteiger partial charge on any atom is 0.317 e. The van der Waals surface area contributed by atoms with E-state index in [-0.39, 0.29) is 24.5 Å². The van der Waals surface area contributed by atoms with Gasteiger partial charge in [-0.15, -0.1) is 12.4 Å². The molecular formula is C6H12ClNO2. The summed E-state index contributed by atoms with van der Waals surface area (Å²) < 4.78 is 0. The lowest BCUT2D eigenvalue weighted by molar-refractivity contribution is -0.136. The fourth-order valence-corrected chi connectivity index (χ4v) is 0.653. The van der Waals surface area contributed by atoms with Crippen LogP contribution in [0.25, 0.3) is 0 Å². The molecule has 0 unspecified atom stereocenters. The van der Waals surface area contributed by atoms with E-state index in [1.807, 2.05) is 6.92 Å². The lowest BCUT2D eigenvalue weighted by Crippen LogP contribution is -2.32. The second-order valence-electron chi connectivity index (χ2n) is 2.81. The van der Waals surface area contributed by atoms with E-state index in [1.165, 1.54) is 0 Å². The number of carboxylic acids is 1. The van der Waals surface area contributed by atoms with Crippen molar-refractivity contribution in [2.24, 2.45) is 0 Å². The van der Waals surface area contributed by atoms with E-state index in [0.29, 0.717) is 0 Å². The van der Waals surface area contributed by atoms with Gasteiger partial charge in [0.2, 0.25) is 0 Å². The van der Waals surface area contributed by atoms with Gasteiger partial charge < -0.3 is 10.4 Å². The van der Waals surface area contributed by atoms with Crippen molar-refractivity contribution in [2.45, 2.75) is 25.3 Å². The van der Waals surface area contributed by atoms with Crippen LogP contribution < -0.4 is 5.32 Å². The Labute approximate surface area is 66.2 Å². The third kappa shape index (κ3) is 3.03. The van der Waals surface area contributed by atoms with E-state index in [0.717, 1.165) is 12.8 Å². The number of hydrogen-bond acceptors (Lipinski definition) is 2. The van der Waals surface area contributed by atoms with Gasteiger partial charge in [-0.1, -0.05) is 0 Å². The Kier molecular flexibility index (Phi) is 3.12. The fourth-order valence-electron chi connectivity index (χ4n) is 0.653. The van der Waals surface area contributed by atoms with Crippen LogP contribution in [-0.2, 0) is 4.79 Å². The van der Waals surface area contributed by atoms with Crippen LogP contribution in [-0.4, -0.2) is 23.2 Å². The zero-order valence-electron chi connectivity index (χ0n) is 5.89. The van der Waals surface area contributed by atoms with Crippen LogP contribution in [0.4, 0.5) is 0 Å². The molecule has 2 N–H and O–H groups in total. The van der Waals surface area contributed by atoms with Gasteiger partial charge in [-0.05, 0) is 19.8 Å². The highest BCUT2D eigenvalue weighted by Crippen LogP contribution is 2.33. The molecule has 0 aromatic rings. The summed E-state index contributed by atoms with van der Waals surface area (Å²) in [4.78, 5) is 10.0. The quantitative estimate of drug-likeness (QED) is 0.645. The summed E-state index contributed by atoms with van der Waals surface area (Å²) in [5.74, 6) is -0.775. The van der Waals surface area contributed by atoms with E-state index < -0.39 is 5.97 Å². The van der Waals surface area contributed by atoms with Gasteiger partial charge in [-0.25, -0.2) is 0 Å². The highest BCUT2D eigenvalue weighted by Gasteiger charge is 2.36. The Morgan fingerprint density at radius 3 is 2.50 bits per heavy atom. The van der Waals surface area contributed by atoms with Gasteiger partial charge in [0.25, 0.3) is 0 Å². The molecule has 1 fully saturated rings. The molecule has 0 bridgehead atoms. The van der Waals surface area contributed by atoms with Crippen molar-refractivity contribution in [3.8, 4) is 0 Å². The van der Waals surface area contributed by atoms with Crippen LogP contribution in [0.2, 0.25) is 0 Å². The fraction of sp³-hybridized carbons (Fsp3) is 0.833. The molecule has 0 aliphatic heterocycles. The lowest BCUT2D eigenvalue weighted by atomic mass is 10.3. The van der Waals surface area contributed by atoms with Crippen LogP contribution >= 0.6 is 12.4 Å². The Balaban J connectivity index is 0.000000810. The zero-order valence-corrected chi connectivity index (χ0v) is 6.70. The highest BCUT2D eigenvalue weighted by molar-refractivity contribution is 5.85. The predicted octanol–water partition coefficient (Wildman–Crippen LogP) is 0.635. The molecule has 10 heavy (non-hydrogen) atoms.